The molecule has 0 saturated heterocycles. The molecule has 0 bridgehead atoms. The van der Waals surface area contributed by atoms with Crippen molar-refractivity contribution in [3.8, 4) is 0 Å². The monoisotopic (exact) mass is 406 g/mol. The smallest absolute Gasteiger partial charge is 0.123 e. The van der Waals surface area contributed by atoms with Gasteiger partial charge in [0.15, 0.2) is 0 Å². The van der Waals surface area contributed by atoms with E-state index in [1.165, 1.54) is 0 Å². The van der Waals surface area contributed by atoms with E-state index >= 15 is 0 Å². The number of nitrogens with zero attached hydrogens (tertiary/aromatic N) is 2. The zero-order valence-electron chi connectivity index (χ0n) is 10.4. The molecule has 0 aliphatic rings. The number of aromatic nitrogens is 2. The van der Waals surface area contributed by atoms with E-state index < -0.39 is 6.10 Å². The molecule has 19 heavy (non-hydrogen) atoms. The maximum atomic E-state index is 10.6. The van der Waals surface area contributed by atoms with Gasteiger partial charge in [-0.2, -0.15) is 5.10 Å². The summed E-state index contributed by atoms with van der Waals surface area (Å²) in [5.74, 6) is 0. The number of aliphatic hydroxyl groups is 1. The molecule has 1 aromatic heterocycles. The minimum absolute atomic E-state index is 0.155. The summed E-state index contributed by atoms with van der Waals surface area (Å²) in [6.07, 6.45) is 0.856. The summed E-state index contributed by atoms with van der Waals surface area (Å²) in [6.45, 7) is 4.02. The van der Waals surface area contributed by atoms with E-state index in [1.807, 2.05) is 32.0 Å². The van der Waals surface area contributed by atoms with Crippen LogP contribution in [0.3, 0.4) is 0 Å². The van der Waals surface area contributed by atoms with Gasteiger partial charge >= 0.3 is 0 Å². The Bertz CT molecular complexity index is 598. The molecule has 3 nitrogen and oxygen atoms in total. The Kier molecular flexibility index (Phi) is 4.71. The number of aliphatic hydroxyl groups excluding tert-OH is 1. The van der Waals surface area contributed by atoms with Crippen LogP contribution in [0, 0.1) is 0 Å². The fourth-order valence-corrected chi connectivity index (χ4v) is 3.00. The Morgan fingerprint density at radius 3 is 2.58 bits per heavy atom. The van der Waals surface area contributed by atoms with Gasteiger partial charge in [-0.1, -0.05) is 23.7 Å². The van der Waals surface area contributed by atoms with Crippen molar-refractivity contribution >= 4 is 43.5 Å². The molecule has 0 fully saturated rings. The Hall–Kier alpha value is -0.360. The lowest BCUT2D eigenvalue weighted by Gasteiger charge is -2.18. The zero-order valence-corrected chi connectivity index (χ0v) is 14.4. The Morgan fingerprint density at radius 2 is 1.95 bits per heavy atom. The van der Waals surface area contributed by atoms with Crippen LogP contribution >= 0.6 is 43.5 Å². The standard InChI is InChI=1S/C13H13Br2ClN2O/c1-7(2)18-12(10(15)6-17-18)13(19)8-4-3-5-9(14)11(8)16/h3-7,13,19H,1-2H3. The third kappa shape index (κ3) is 2.89. The molecular formula is C13H13Br2ClN2O. The largest absolute Gasteiger partial charge is 0.382 e. The molecule has 1 N–H and O–H groups in total. The zero-order chi connectivity index (χ0) is 14.2. The van der Waals surface area contributed by atoms with Crippen LogP contribution in [-0.2, 0) is 0 Å². The maximum Gasteiger partial charge on any atom is 0.123 e. The van der Waals surface area contributed by atoms with Crippen LogP contribution in [0.2, 0.25) is 5.02 Å². The summed E-state index contributed by atoms with van der Waals surface area (Å²) in [7, 11) is 0. The van der Waals surface area contributed by atoms with Gasteiger partial charge in [0.1, 0.15) is 6.10 Å². The normalized spacial score (nSPS) is 13.0. The van der Waals surface area contributed by atoms with Crippen LogP contribution in [0.1, 0.15) is 37.3 Å². The first-order valence-corrected chi connectivity index (χ1v) is 7.74. The first-order valence-electron chi connectivity index (χ1n) is 5.78. The molecule has 102 valence electrons. The second kappa shape index (κ2) is 5.95. The topological polar surface area (TPSA) is 38.0 Å². The van der Waals surface area contributed by atoms with Crippen molar-refractivity contribution in [2.75, 3.05) is 0 Å². The second-order valence-corrected chi connectivity index (χ2v) is 6.55. The van der Waals surface area contributed by atoms with Crippen LogP contribution < -0.4 is 0 Å². The minimum Gasteiger partial charge on any atom is -0.382 e. The quantitative estimate of drug-likeness (QED) is 0.798. The molecule has 1 aromatic carbocycles. The molecular weight excluding hydrogens is 395 g/mol. The average Bonchev–Trinajstić information content (AvgIpc) is 2.74. The first-order chi connectivity index (χ1) is 8.93. The third-order valence-electron chi connectivity index (χ3n) is 2.81. The average molecular weight is 409 g/mol. The maximum absolute atomic E-state index is 10.6. The van der Waals surface area contributed by atoms with Crippen LogP contribution in [0.4, 0.5) is 0 Å². The summed E-state index contributed by atoms with van der Waals surface area (Å²) in [4.78, 5) is 0. The van der Waals surface area contributed by atoms with Gasteiger partial charge in [-0.3, -0.25) is 4.68 Å². The molecule has 1 unspecified atom stereocenters. The molecule has 1 heterocycles. The first kappa shape index (κ1) is 15.0. The third-order valence-corrected chi connectivity index (χ3v) is 4.73. The van der Waals surface area contributed by atoms with Crippen molar-refractivity contribution in [3.63, 3.8) is 0 Å². The summed E-state index contributed by atoms with van der Waals surface area (Å²) in [5, 5.41) is 15.4. The predicted octanol–water partition coefficient (Wildman–Crippen LogP) is 4.72. The molecule has 0 spiro atoms. The lowest BCUT2D eigenvalue weighted by Crippen LogP contribution is -2.13. The van der Waals surface area contributed by atoms with Crippen LogP contribution in [-0.4, -0.2) is 14.9 Å². The Balaban J connectivity index is 2.53. The summed E-state index contributed by atoms with van der Waals surface area (Å²) >= 11 is 13.0. The van der Waals surface area contributed by atoms with Crippen molar-refractivity contribution < 1.29 is 5.11 Å². The van der Waals surface area contributed by atoms with Crippen molar-refractivity contribution in [1.29, 1.82) is 0 Å². The Morgan fingerprint density at radius 1 is 1.26 bits per heavy atom. The van der Waals surface area contributed by atoms with Crippen molar-refractivity contribution in [3.05, 3.63) is 49.6 Å². The van der Waals surface area contributed by atoms with Gasteiger partial charge < -0.3 is 5.11 Å². The highest BCUT2D eigenvalue weighted by atomic mass is 79.9. The fourth-order valence-electron chi connectivity index (χ4n) is 1.90. The summed E-state index contributed by atoms with van der Waals surface area (Å²) in [5.41, 5.74) is 1.36. The van der Waals surface area contributed by atoms with Gasteiger partial charge in [-0.05, 0) is 51.8 Å². The number of hydrogen-bond acceptors (Lipinski definition) is 2. The van der Waals surface area contributed by atoms with Gasteiger partial charge in [0.2, 0.25) is 0 Å². The molecule has 1 atom stereocenters. The van der Waals surface area contributed by atoms with E-state index in [0.29, 0.717) is 16.3 Å². The van der Waals surface area contributed by atoms with Crippen molar-refractivity contribution in [2.45, 2.75) is 26.0 Å². The van der Waals surface area contributed by atoms with Crippen LogP contribution in [0.15, 0.2) is 33.3 Å². The summed E-state index contributed by atoms with van der Waals surface area (Å²) in [6, 6.07) is 5.65. The Labute approximate surface area is 133 Å². The van der Waals surface area contributed by atoms with Crippen molar-refractivity contribution in [1.82, 2.24) is 9.78 Å². The molecule has 0 radical (unpaired) electrons. The highest BCUT2D eigenvalue weighted by Crippen LogP contribution is 2.36. The van der Waals surface area contributed by atoms with Gasteiger partial charge in [-0.25, -0.2) is 0 Å². The van der Waals surface area contributed by atoms with E-state index in [9.17, 15) is 5.11 Å². The number of hydrogen-bond donors (Lipinski definition) is 1. The van der Waals surface area contributed by atoms with E-state index in [2.05, 4.69) is 37.0 Å². The fraction of sp³-hybridized carbons (Fsp3) is 0.308. The minimum atomic E-state index is -0.829. The van der Waals surface area contributed by atoms with Gasteiger partial charge in [0, 0.05) is 16.1 Å². The SMILES string of the molecule is CC(C)n1ncc(Br)c1C(O)c1cccc(Br)c1Cl. The molecule has 2 rings (SSSR count). The lowest BCUT2D eigenvalue weighted by molar-refractivity contribution is 0.204. The summed E-state index contributed by atoms with van der Waals surface area (Å²) < 4.78 is 3.31. The van der Waals surface area contributed by atoms with Gasteiger partial charge in [0.05, 0.1) is 21.4 Å². The number of benzene rings is 1. The molecule has 0 saturated carbocycles. The lowest BCUT2D eigenvalue weighted by atomic mass is 10.1. The molecule has 6 heteroatoms. The van der Waals surface area contributed by atoms with Crippen LogP contribution in [0.5, 0.6) is 0 Å². The van der Waals surface area contributed by atoms with E-state index in [0.717, 1.165) is 8.95 Å². The van der Waals surface area contributed by atoms with E-state index in [4.69, 9.17) is 11.6 Å². The molecule has 0 aliphatic carbocycles. The molecule has 2 aromatic rings. The molecule has 0 aliphatic heterocycles. The number of halogens is 3. The van der Waals surface area contributed by atoms with E-state index in [1.54, 1.807) is 10.9 Å². The van der Waals surface area contributed by atoms with Crippen molar-refractivity contribution in [2.24, 2.45) is 0 Å². The molecule has 0 amide bonds. The van der Waals surface area contributed by atoms with E-state index in [-0.39, 0.29) is 6.04 Å². The predicted molar refractivity (Wildman–Crippen MR) is 83.5 cm³/mol. The highest BCUT2D eigenvalue weighted by molar-refractivity contribution is 9.10. The highest BCUT2D eigenvalue weighted by Gasteiger charge is 2.23. The van der Waals surface area contributed by atoms with Crippen LogP contribution in [0.25, 0.3) is 0 Å². The number of rotatable bonds is 3. The van der Waals surface area contributed by atoms with Gasteiger partial charge in [-0.15, -0.1) is 0 Å². The second-order valence-electron chi connectivity index (χ2n) is 4.46. The van der Waals surface area contributed by atoms with Gasteiger partial charge in [0.25, 0.3) is 0 Å².